The van der Waals surface area contributed by atoms with E-state index in [1.54, 1.807) is 4.90 Å². The predicted octanol–water partition coefficient (Wildman–Crippen LogP) is 5.20. The van der Waals surface area contributed by atoms with E-state index in [9.17, 15) is 4.79 Å². The highest BCUT2D eigenvalue weighted by molar-refractivity contribution is 7.10. The molecule has 0 radical (unpaired) electrons. The quantitative estimate of drug-likeness (QED) is 0.681. The third kappa shape index (κ3) is 3.77. The van der Waals surface area contributed by atoms with E-state index >= 15 is 4.39 Å². The number of amides is 1. The summed E-state index contributed by atoms with van der Waals surface area (Å²) in [6.07, 6.45) is 5.59. The molecule has 5 rings (SSSR count). The van der Waals surface area contributed by atoms with Gasteiger partial charge in [-0.2, -0.15) is 0 Å². The van der Waals surface area contributed by atoms with Crippen molar-refractivity contribution in [1.82, 2.24) is 10.3 Å². The first kappa shape index (κ1) is 21.6. The minimum absolute atomic E-state index is 0.0505. The molecule has 0 bridgehead atoms. The van der Waals surface area contributed by atoms with Gasteiger partial charge < -0.3 is 14.8 Å². The third-order valence-electron chi connectivity index (χ3n) is 7.02. The van der Waals surface area contributed by atoms with E-state index in [0.29, 0.717) is 30.9 Å². The number of piperidine rings is 1. The number of anilines is 1. The zero-order valence-electron chi connectivity index (χ0n) is 18.7. The van der Waals surface area contributed by atoms with E-state index in [0.717, 1.165) is 53.9 Å². The predicted molar refractivity (Wildman–Crippen MR) is 123 cm³/mol. The minimum Gasteiger partial charge on any atom is -0.489 e. The normalized spacial score (nSPS) is 22.7. The van der Waals surface area contributed by atoms with Crippen LogP contribution in [0.2, 0.25) is 0 Å². The third-order valence-corrected chi connectivity index (χ3v) is 8.04. The second kappa shape index (κ2) is 8.63. The molecule has 1 saturated carbocycles. The van der Waals surface area contributed by atoms with Crippen molar-refractivity contribution in [2.24, 2.45) is 0 Å². The summed E-state index contributed by atoms with van der Waals surface area (Å²) in [7, 11) is 1.41. The highest BCUT2D eigenvalue weighted by Crippen LogP contribution is 2.46. The molecule has 3 heterocycles. The SMILES string of the molecule is COC(=O)N1c2ccc(-c3csc(C4(F)CCNCC4)n3)c(OC3CCC3)c2CC[C@@H]1C. The molecule has 1 aliphatic carbocycles. The van der Waals surface area contributed by atoms with Crippen molar-refractivity contribution in [2.75, 3.05) is 25.1 Å². The fraction of sp³-hybridized carbons (Fsp3) is 0.583. The van der Waals surface area contributed by atoms with Gasteiger partial charge in [0.15, 0.2) is 5.67 Å². The first-order chi connectivity index (χ1) is 15.5. The number of nitrogens with zero attached hydrogens (tertiary/aromatic N) is 2. The number of rotatable bonds is 4. The van der Waals surface area contributed by atoms with Crippen LogP contribution < -0.4 is 15.0 Å². The molecule has 0 unspecified atom stereocenters. The van der Waals surface area contributed by atoms with Crippen molar-refractivity contribution < 1.29 is 18.7 Å². The number of hydrogen-bond donors (Lipinski definition) is 1. The Morgan fingerprint density at radius 3 is 2.75 bits per heavy atom. The van der Waals surface area contributed by atoms with Crippen LogP contribution in [-0.2, 0) is 16.8 Å². The van der Waals surface area contributed by atoms with Gasteiger partial charge in [-0.15, -0.1) is 11.3 Å². The largest absolute Gasteiger partial charge is 0.489 e. The van der Waals surface area contributed by atoms with Gasteiger partial charge in [0.25, 0.3) is 0 Å². The van der Waals surface area contributed by atoms with Crippen LogP contribution in [0.25, 0.3) is 11.3 Å². The standard InChI is InChI=1S/C24H30FN3O3S/c1-15-6-7-18-20(28(15)23(29)30-2)9-8-17(21(18)31-16-4-3-5-16)19-14-32-22(27-19)24(25)10-12-26-13-11-24/h8-9,14-16,26H,3-7,10-13H2,1-2H3/t15-/m0/s1. The molecule has 2 aromatic rings. The summed E-state index contributed by atoms with van der Waals surface area (Å²) in [5.41, 5.74) is 2.12. The molecule has 1 aromatic heterocycles. The average Bonchev–Trinajstić information content (AvgIpc) is 3.27. The molecule has 8 heteroatoms. The number of methoxy groups -OCH3 is 1. The maximum Gasteiger partial charge on any atom is 0.414 e. The molecular formula is C24H30FN3O3S. The first-order valence-electron chi connectivity index (χ1n) is 11.6. The molecule has 1 amide bonds. The summed E-state index contributed by atoms with van der Waals surface area (Å²) in [6.45, 7) is 3.37. The molecular weight excluding hydrogens is 429 g/mol. The van der Waals surface area contributed by atoms with Crippen LogP contribution in [0.1, 0.15) is 56.0 Å². The van der Waals surface area contributed by atoms with Gasteiger partial charge in [0, 0.05) is 35.4 Å². The summed E-state index contributed by atoms with van der Waals surface area (Å²) in [6, 6.07) is 3.97. The zero-order chi connectivity index (χ0) is 22.3. The number of carbonyl (C=O) groups is 1. The van der Waals surface area contributed by atoms with Gasteiger partial charge in [-0.05, 0) is 64.3 Å². The van der Waals surface area contributed by atoms with Gasteiger partial charge >= 0.3 is 6.09 Å². The summed E-state index contributed by atoms with van der Waals surface area (Å²) in [5, 5.41) is 5.71. The van der Waals surface area contributed by atoms with Crippen LogP contribution >= 0.6 is 11.3 Å². The lowest BCUT2D eigenvalue weighted by Crippen LogP contribution is -2.42. The fourth-order valence-electron chi connectivity index (χ4n) is 4.81. The number of aromatic nitrogens is 1. The zero-order valence-corrected chi connectivity index (χ0v) is 19.5. The van der Waals surface area contributed by atoms with E-state index in [1.165, 1.54) is 24.9 Å². The van der Waals surface area contributed by atoms with Gasteiger partial charge in [0.2, 0.25) is 0 Å². The number of ether oxygens (including phenoxy) is 2. The number of hydrogen-bond acceptors (Lipinski definition) is 6. The Labute approximate surface area is 192 Å². The number of benzene rings is 1. The second-order valence-electron chi connectivity index (χ2n) is 9.09. The van der Waals surface area contributed by atoms with Crippen LogP contribution in [-0.4, -0.2) is 43.4 Å². The summed E-state index contributed by atoms with van der Waals surface area (Å²) < 4.78 is 27.1. The molecule has 1 aromatic carbocycles. The summed E-state index contributed by atoms with van der Waals surface area (Å²) in [5.74, 6) is 0.795. The molecule has 172 valence electrons. The van der Waals surface area contributed by atoms with Gasteiger partial charge in [-0.3, -0.25) is 4.90 Å². The Kier molecular flexibility index (Phi) is 5.84. The molecule has 2 aliphatic heterocycles. The van der Waals surface area contributed by atoms with Crippen LogP contribution in [0.5, 0.6) is 5.75 Å². The van der Waals surface area contributed by atoms with Gasteiger partial charge in [-0.25, -0.2) is 14.2 Å². The molecule has 32 heavy (non-hydrogen) atoms. The van der Waals surface area contributed by atoms with E-state index in [2.05, 4.69) is 5.32 Å². The van der Waals surface area contributed by atoms with E-state index < -0.39 is 5.67 Å². The Balaban J connectivity index is 1.56. The van der Waals surface area contributed by atoms with Crippen LogP contribution in [0, 0.1) is 0 Å². The maximum absolute atomic E-state index is 15.5. The number of alkyl halides is 1. The van der Waals surface area contributed by atoms with E-state index in [4.69, 9.17) is 14.5 Å². The average molecular weight is 460 g/mol. The van der Waals surface area contributed by atoms with Crippen molar-refractivity contribution in [2.45, 2.75) is 69.7 Å². The number of thiazole rings is 1. The number of carbonyl (C=O) groups excluding carboxylic acids is 1. The van der Waals surface area contributed by atoms with Crippen LogP contribution in [0.3, 0.4) is 0 Å². The second-order valence-corrected chi connectivity index (χ2v) is 9.95. The van der Waals surface area contributed by atoms with E-state index in [1.807, 2.05) is 24.4 Å². The summed E-state index contributed by atoms with van der Waals surface area (Å²) in [4.78, 5) is 19.0. The van der Waals surface area contributed by atoms with Crippen LogP contribution in [0.4, 0.5) is 14.9 Å². The van der Waals surface area contributed by atoms with Crippen molar-refractivity contribution in [3.05, 3.63) is 28.1 Å². The molecule has 1 N–H and O–H groups in total. The smallest absolute Gasteiger partial charge is 0.414 e. The Hall–Kier alpha value is -2.19. The molecule has 2 fully saturated rings. The number of halogens is 1. The van der Waals surface area contributed by atoms with Crippen LogP contribution in [0.15, 0.2) is 17.5 Å². The first-order valence-corrected chi connectivity index (χ1v) is 12.4. The Bertz CT molecular complexity index is 1000. The van der Waals surface area contributed by atoms with Crippen molar-refractivity contribution in [3.8, 4) is 17.0 Å². The van der Waals surface area contributed by atoms with Gasteiger partial charge in [0.05, 0.1) is 24.6 Å². The number of fused-ring (bicyclic) bond motifs is 1. The van der Waals surface area contributed by atoms with E-state index in [-0.39, 0.29) is 18.2 Å². The number of nitrogens with one attached hydrogen (secondary N) is 1. The van der Waals surface area contributed by atoms with Gasteiger partial charge in [-0.1, -0.05) is 0 Å². The van der Waals surface area contributed by atoms with Crippen molar-refractivity contribution >= 4 is 23.1 Å². The lowest BCUT2D eigenvalue weighted by atomic mass is 9.92. The molecule has 1 saturated heterocycles. The van der Waals surface area contributed by atoms with Gasteiger partial charge in [0.1, 0.15) is 10.8 Å². The fourth-order valence-corrected chi connectivity index (χ4v) is 5.78. The molecule has 3 aliphatic rings. The highest BCUT2D eigenvalue weighted by atomic mass is 32.1. The Morgan fingerprint density at radius 1 is 1.28 bits per heavy atom. The van der Waals surface area contributed by atoms with Crippen molar-refractivity contribution in [1.29, 1.82) is 0 Å². The molecule has 1 atom stereocenters. The molecule has 0 spiro atoms. The monoisotopic (exact) mass is 459 g/mol. The summed E-state index contributed by atoms with van der Waals surface area (Å²) >= 11 is 1.39. The molecule has 6 nitrogen and oxygen atoms in total. The lowest BCUT2D eigenvalue weighted by molar-refractivity contribution is 0.115. The maximum atomic E-state index is 15.5. The van der Waals surface area contributed by atoms with Crippen molar-refractivity contribution in [3.63, 3.8) is 0 Å². The topological polar surface area (TPSA) is 63.7 Å². The highest BCUT2D eigenvalue weighted by Gasteiger charge is 2.38. The Morgan fingerprint density at radius 2 is 2.06 bits per heavy atom. The lowest BCUT2D eigenvalue weighted by Gasteiger charge is -2.36. The minimum atomic E-state index is -1.37.